The molecule has 0 fully saturated rings. The fourth-order valence-electron chi connectivity index (χ4n) is 3.82. The summed E-state index contributed by atoms with van der Waals surface area (Å²) in [7, 11) is 3.03. The molecule has 0 radical (unpaired) electrons. The van der Waals surface area contributed by atoms with Gasteiger partial charge in [0.1, 0.15) is 30.7 Å². The maximum atomic E-state index is 13.1. The van der Waals surface area contributed by atoms with Crippen LogP contribution < -0.4 is 24.3 Å². The van der Waals surface area contributed by atoms with Crippen LogP contribution in [0, 0.1) is 17.1 Å². The van der Waals surface area contributed by atoms with Gasteiger partial charge in [0, 0.05) is 5.69 Å². The number of halogens is 2. The Morgan fingerprint density at radius 3 is 2.27 bits per heavy atom. The van der Waals surface area contributed by atoms with Crippen molar-refractivity contribution >= 4 is 29.3 Å². The lowest BCUT2D eigenvalue weighted by Gasteiger charge is -2.15. The Hall–Kier alpha value is -5.00. The van der Waals surface area contributed by atoms with Gasteiger partial charge in [0.05, 0.1) is 19.2 Å². The standard InChI is InChI=1S/C32H26ClFN2O5/c1-38-29-16-22(8-13-28(29)40-19-21-6-4-3-5-7-21)20-41-31-27(33)15-23(17-30(31)39-2)14-24(18-35)32(37)36-26-11-9-25(34)10-12-26/h3-17H,19-20H2,1-2H3,(H,36,37)/b24-14+. The summed E-state index contributed by atoms with van der Waals surface area (Å²) in [4.78, 5) is 12.6. The van der Waals surface area contributed by atoms with E-state index < -0.39 is 11.7 Å². The molecule has 0 aromatic heterocycles. The number of nitrogens with one attached hydrogen (secondary N) is 1. The summed E-state index contributed by atoms with van der Waals surface area (Å²) in [5.41, 5.74) is 2.47. The van der Waals surface area contributed by atoms with Crippen molar-refractivity contribution in [1.82, 2.24) is 0 Å². The molecule has 0 saturated carbocycles. The summed E-state index contributed by atoms with van der Waals surface area (Å²) in [6.07, 6.45) is 1.37. The van der Waals surface area contributed by atoms with Crippen LogP contribution in [0.15, 0.2) is 90.5 Å². The molecule has 4 aromatic carbocycles. The third-order valence-corrected chi connectivity index (χ3v) is 6.16. The van der Waals surface area contributed by atoms with Crippen molar-refractivity contribution in [3.8, 4) is 29.1 Å². The van der Waals surface area contributed by atoms with Gasteiger partial charge in [0.15, 0.2) is 23.0 Å². The molecule has 0 spiro atoms. The third kappa shape index (κ3) is 7.78. The van der Waals surface area contributed by atoms with E-state index in [0.717, 1.165) is 11.1 Å². The van der Waals surface area contributed by atoms with Gasteiger partial charge in [-0.2, -0.15) is 5.26 Å². The largest absolute Gasteiger partial charge is 0.493 e. The first-order chi connectivity index (χ1) is 19.9. The lowest BCUT2D eigenvalue weighted by molar-refractivity contribution is -0.112. The fourth-order valence-corrected chi connectivity index (χ4v) is 4.10. The Bertz CT molecular complexity index is 1580. The molecule has 41 heavy (non-hydrogen) atoms. The van der Waals surface area contributed by atoms with Crippen LogP contribution in [0.4, 0.5) is 10.1 Å². The number of benzene rings is 4. The highest BCUT2D eigenvalue weighted by Crippen LogP contribution is 2.38. The first kappa shape index (κ1) is 29.0. The second-order valence-corrected chi connectivity index (χ2v) is 9.12. The van der Waals surface area contributed by atoms with E-state index in [1.54, 1.807) is 19.2 Å². The number of carbonyl (C=O) groups excluding carboxylic acids is 1. The Morgan fingerprint density at radius 2 is 1.59 bits per heavy atom. The number of anilines is 1. The number of amides is 1. The zero-order valence-electron chi connectivity index (χ0n) is 22.3. The highest BCUT2D eigenvalue weighted by atomic mass is 35.5. The Labute approximate surface area is 242 Å². The normalized spacial score (nSPS) is 10.9. The Morgan fingerprint density at radius 1 is 0.878 bits per heavy atom. The number of carbonyl (C=O) groups is 1. The van der Waals surface area contributed by atoms with Gasteiger partial charge in [-0.05, 0) is 71.3 Å². The Kier molecular flexibility index (Phi) is 9.81. The maximum absolute atomic E-state index is 13.1. The van der Waals surface area contributed by atoms with Crippen molar-refractivity contribution in [2.45, 2.75) is 13.2 Å². The second-order valence-electron chi connectivity index (χ2n) is 8.71. The molecule has 4 aromatic rings. The molecule has 4 rings (SSSR count). The summed E-state index contributed by atoms with van der Waals surface area (Å²) < 4.78 is 36.0. The minimum absolute atomic E-state index is 0.157. The van der Waals surface area contributed by atoms with Gasteiger partial charge in [-0.1, -0.05) is 48.0 Å². The highest BCUT2D eigenvalue weighted by Gasteiger charge is 2.15. The van der Waals surface area contributed by atoms with E-state index in [1.807, 2.05) is 54.6 Å². The van der Waals surface area contributed by atoms with Crippen LogP contribution in [0.3, 0.4) is 0 Å². The molecule has 0 aliphatic heterocycles. The molecule has 0 aliphatic rings. The van der Waals surface area contributed by atoms with E-state index in [4.69, 9.17) is 30.5 Å². The van der Waals surface area contributed by atoms with Crippen molar-refractivity contribution in [1.29, 1.82) is 5.26 Å². The topological polar surface area (TPSA) is 89.8 Å². The number of hydrogen-bond acceptors (Lipinski definition) is 6. The zero-order valence-corrected chi connectivity index (χ0v) is 23.1. The molecular formula is C32H26ClFN2O5. The third-order valence-electron chi connectivity index (χ3n) is 5.88. The molecule has 7 nitrogen and oxygen atoms in total. The molecule has 9 heteroatoms. The summed E-state index contributed by atoms with van der Waals surface area (Å²) in [6.45, 7) is 0.562. The quantitative estimate of drug-likeness (QED) is 0.151. The molecule has 0 atom stereocenters. The predicted molar refractivity (Wildman–Crippen MR) is 155 cm³/mol. The fraction of sp³-hybridized carbons (Fsp3) is 0.125. The van der Waals surface area contributed by atoms with Crippen LogP contribution in [0.25, 0.3) is 6.08 Å². The summed E-state index contributed by atoms with van der Waals surface area (Å²) in [5, 5.41) is 12.3. The highest BCUT2D eigenvalue weighted by molar-refractivity contribution is 6.32. The molecule has 208 valence electrons. The van der Waals surface area contributed by atoms with Crippen molar-refractivity contribution in [2.24, 2.45) is 0 Å². The van der Waals surface area contributed by atoms with Crippen LogP contribution in [-0.4, -0.2) is 20.1 Å². The Balaban J connectivity index is 1.46. The van der Waals surface area contributed by atoms with E-state index in [0.29, 0.717) is 40.9 Å². The molecule has 0 saturated heterocycles. The molecule has 1 amide bonds. The maximum Gasteiger partial charge on any atom is 0.266 e. The van der Waals surface area contributed by atoms with Gasteiger partial charge < -0.3 is 24.3 Å². The number of nitriles is 1. The molecular weight excluding hydrogens is 547 g/mol. The number of rotatable bonds is 11. The van der Waals surface area contributed by atoms with Gasteiger partial charge in [0.2, 0.25) is 0 Å². The lowest BCUT2D eigenvalue weighted by atomic mass is 10.1. The molecule has 0 aliphatic carbocycles. The van der Waals surface area contributed by atoms with Crippen LogP contribution in [0.5, 0.6) is 23.0 Å². The van der Waals surface area contributed by atoms with Crippen molar-refractivity contribution in [3.05, 3.63) is 118 Å². The number of ether oxygens (including phenoxy) is 4. The minimum atomic E-state index is -0.653. The average molecular weight is 573 g/mol. The molecule has 0 unspecified atom stereocenters. The monoisotopic (exact) mass is 572 g/mol. The minimum Gasteiger partial charge on any atom is -0.493 e. The number of methoxy groups -OCH3 is 2. The number of nitrogens with zero attached hydrogens (tertiary/aromatic N) is 1. The summed E-state index contributed by atoms with van der Waals surface area (Å²) in [5.74, 6) is 0.678. The predicted octanol–water partition coefficient (Wildman–Crippen LogP) is 7.20. The van der Waals surface area contributed by atoms with Crippen LogP contribution >= 0.6 is 11.6 Å². The van der Waals surface area contributed by atoms with E-state index in [1.165, 1.54) is 37.5 Å². The van der Waals surface area contributed by atoms with Gasteiger partial charge >= 0.3 is 0 Å². The zero-order chi connectivity index (χ0) is 29.2. The lowest BCUT2D eigenvalue weighted by Crippen LogP contribution is -2.13. The summed E-state index contributed by atoms with van der Waals surface area (Å²) >= 11 is 6.52. The van der Waals surface area contributed by atoms with E-state index in [-0.39, 0.29) is 17.2 Å². The average Bonchev–Trinajstić information content (AvgIpc) is 2.99. The van der Waals surface area contributed by atoms with Crippen molar-refractivity contribution in [3.63, 3.8) is 0 Å². The van der Waals surface area contributed by atoms with Crippen LogP contribution in [-0.2, 0) is 18.0 Å². The molecule has 0 heterocycles. The van der Waals surface area contributed by atoms with Crippen molar-refractivity contribution < 1.29 is 28.1 Å². The van der Waals surface area contributed by atoms with E-state index in [2.05, 4.69) is 5.32 Å². The van der Waals surface area contributed by atoms with Gasteiger partial charge in [-0.3, -0.25) is 4.79 Å². The SMILES string of the molecule is COc1cc(COc2c(Cl)cc(/C=C(\C#N)C(=O)Nc3ccc(F)cc3)cc2OC)ccc1OCc1ccccc1. The molecule has 1 N–H and O–H groups in total. The van der Waals surface area contributed by atoms with Crippen molar-refractivity contribution in [2.75, 3.05) is 19.5 Å². The molecule has 0 bridgehead atoms. The number of hydrogen-bond donors (Lipinski definition) is 1. The first-order valence-electron chi connectivity index (χ1n) is 12.4. The first-order valence-corrected chi connectivity index (χ1v) is 12.8. The van der Waals surface area contributed by atoms with Crippen LogP contribution in [0.2, 0.25) is 5.02 Å². The second kappa shape index (κ2) is 13.9. The summed E-state index contributed by atoms with van der Waals surface area (Å²) in [6, 6.07) is 25.6. The van der Waals surface area contributed by atoms with Crippen LogP contribution in [0.1, 0.15) is 16.7 Å². The van der Waals surface area contributed by atoms with Gasteiger partial charge in [-0.25, -0.2) is 4.39 Å². The smallest absolute Gasteiger partial charge is 0.266 e. The van der Waals surface area contributed by atoms with Gasteiger partial charge in [0.25, 0.3) is 5.91 Å². The van der Waals surface area contributed by atoms with Gasteiger partial charge in [-0.15, -0.1) is 0 Å². The van der Waals surface area contributed by atoms with E-state index >= 15 is 0 Å². The van der Waals surface area contributed by atoms with E-state index in [9.17, 15) is 14.4 Å².